The summed E-state index contributed by atoms with van der Waals surface area (Å²) in [6.07, 6.45) is 6.35. The van der Waals surface area contributed by atoms with E-state index in [1.165, 1.54) is 0 Å². The van der Waals surface area contributed by atoms with Crippen molar-refractivity contribution < 1.29 is 4.79 Å². The molecule has 5 heteroatoms. The molecule has 4 nitrogen and oxygen atoms in total. The Morgan fingerprint density at radius 2 is 2.33 bits per heavy atom. The zero-order valence-corrected chi connectivity index (χ0v) is 12.0. The maximum atomic E-state index is 11.8. The van der Waals surface area contributed by atoms with Gasteiger partial charge in [0.25, 0.3) is 5.91 Å². The van der Waals surface area contributed by atoms with Gasteiger partial charge in [0.1, 0.15) is 0 Å². The van der Waals surface area contributed by atoms with Crippen LogP contribution in [0.3, 0.4) is 0 Å². The van der Waals surface area contributed by atoms with E-state index >= 15 is 0 Å². The monoisotopic (exact) mass is 355 g/mol. The minimum Gasteiger partial charge on any atom is -0.352 e. The zero-order chi connectivity index (χ0) is 12.8. The van der Waals surface area contributed by atoms with Crippen LogP contribution in [0.1, 0.15) is 16.8 Å². The first kappa shape index (κ1) is 13.1. The largest absolute Gasteiger partial charge is 0.352 e. The van der Waals surface area contributed by atoms with Gasteiger partial charge in [0, 0.05) is 34.6 Å². The standard InChI is InChI=1S/C13H14IN3O/c14-12-4-1-3-11(9-12)13(18)16-5-2-7-17-8-6-15-10-17/h1,3-4,6,8-10H,2,5,7H2,(H,16,18). The summed E-state index contributed by atoms with van der Waals surface area (Å²) in [4.78, 5) is 15.8. The number of carbonyl (C=O) groups excluding carboxylic acids is 1. The Balaban J connectivity index is 1.75. The number of nitrogens with one attached hydrogen (secondary N) is 1. The molecule has 0 spiro atoms. The predicted octanol–water partition coefficient (Wildman–Crippen LogP) is 2.31. The highest BCUT2D eigenvalue weighted by Gasteiger charge is 2.04. The summed E-state index contributed by atoms with van der Waals surface area (Å²) in [7, 11) is 0. The molecule has 1 amide bonds. The molecule has 0 saturated heterocycles. The van der Waals surface area contributed by atoms with Crippen LogP contribution in [0, 0.1) is 3.57 Å². The van der Waals surface area contributed by atoms with Gasteiger partial charge < -0.3 is 9.88 Å². The van der Waals surface area contributed by atoms with Gasteiger partial charge >= 0.3 is 0 Å². The topological polar surface area (TPSA) is 46.9 Å². The second kappa shape index (κ2) is 6.53. The van der Waals surface area contributed by atoms with Crippen molar-refractivity contribution in [3.63, 3.8) is 0 Å². The number of aromatic nitrogens is 2. The van der Waals surface area contributed by atoms with Crippen molar-refractivity contribution in [1.82, 2.24) is 14.9 Å². The molecule has 1 heterocycles. The Morgan fingerprint density at radius 1 is 1.44 bits per heavy atom. The van der Waals surface area contributed by atoms with Crippen LogP contribution in [0.15, 0.2) is 43.0 Å². The van der Waals surface area contributed by atoms with Crippen LogP contribution in [0.2, 0.25) is 0 Å². The van der Waals surface area contributed by atoms with Crippen LogP contribution >= 0.6 is 22.6 Å². The van der Waals surface area contributed by atoms with Crippen molar-refractivity contribution in [3.05, 3.63) is 52.1 Å². The molecule has 0 unspecified atom stereocenters. The molecule has 1 N–H and O–H groups in total. The summed E-state index contributed by atoms with van der Waals surface area (Å²) in [5.74, 6) is -0.0147. The first-order chi connectivity index (χ1) is 8.75. The number of halogens is 1. The maximum Gasteiger partial charge on any atom is 0.251 e. The van der Waals surface area contributed by atoms with Gasteiger partial charge in [0.2, 0.25) is 0 Å². The van der Waals surface area contributed by atoms with E-state index in [1.54, 1.807) is 12.5 Å². The average Bonchev–Trinajstić information content (AvgIpc) is 2.87. The van der Waals surface area contributed by atoms with Gasteiger partial charge in [-0.3, -0.25) is 4.79 Å². The van der Waals surface area contributed by atoms with Crippen LogP contribution in [0.25, 0.3) is 0 Å². The average molecular weight is 355 g/mol. The highest BCUT2D eigenvalue weighted by Crippen LogP contribution is 2.07. The van der Waals surface area contributed by atoms with Gasteiger partial charge in [0.15, 0.2) is 0 Å². The van der Waals surface area contributed by atoms with Gasteiger partial charge in [-0.15, -0.1) is 0 Å². The lowest BCUT2D eigenvalue weighted by molar-refractivity contribution is 0.0952. The van der Waals surface area contributed by atoms with E-state index in [2.05, 4.69) is 32.9 Å². The highest BCUT2D eigenvalue weighted by molar-refractivity contribution is 14.1. The summed E-state index contributed by atoms with van der Waals surface area (Å²) in [5.41, 5.74) is 0.713. The molecule has 94 valence electrons. The van der Waals surface area contributed by atoms with E-state index in [4.69, 9.17) is 0 Å². The number of amides is 1. The summed E-state index contributed by atoms with van der Waals surface area (Å²) in [6.45, 7) is 1.54. The van der Waals surface area contributed by atoms with Crippen molar-refractivity contribution in [2.75, 3.05) is 6.54 Å². The maximum absolute atomic E-state index is 11.8. The van der Waals surface area contributed by atoms with Crippen LogP contribution < -0.4 is 5.32 Å². The molecule has 2 aromatic rings. The number of benzene rings is 1. The number of hydrogen-bond acceptors (Lipinski definition) is 2. The number of carbonyl (C=O) groups is 1. The van der Waals surface area contributed by atoms with Crippen molar-refractivity contribution >= 4 is 28.5 Å². The molecule has 0 saturated carbocycles. The van der Waals surface area contributed by atoms with Crippen LogP contribution in [0.5, 0.6) is 0 Å². The fourth-order valence-electron chi connectivity index (χ4n) is 1.61. The molecule has 0 atom stereocenters. The van der Waals surface area contributed by atoms with Gasteiger partial charge in [-0.1, -0.05) is 6.07 Å². The molecule has 2 rings (SSSR count). The molecule has 0 fully saturated rings. The molecule has 0 radical (unpaired) electrons. The van der Waals surface area contributed by atoms with Crippen LogP contribution in [0.4, 0.5) is 0 Å². The minimum atomic E-state index is -0.0147. The number of rotatable bonds is 5. The molecule has 1 aromatic heterocycles. The Kier molecular flexibility index (Phi) is 4.74. The zero-order valence-electron chi connectivity index (χ0n) is 9.84. The van der Waals surface area contributed by atoms with Gasteiger partial charge in [-0.05, 0) is 47.2 Å². The normalized spacial score (nSPS) is 10.3. The molecular formula is C13H14IN3O. The first-order valence-corrected chi connectivity index (χ1v) is 6.83. The fourth-order valence-corrected chi connectivity index (χ4v) is 2.16. The van der Waals surface area contributed by atoms with E-state index in [9.17, 15) is 4.79 Å². The highest BCUT2D eigenvalue weighted by atomic mass is 127. The molecule has 0 bridgehead atoms. The van der Waals surface area contributed by atoms with E-state index in [0.717, 1.165) is 16.5 Å². The van der Waals surface area contributed by atoms with E-state index in [1.807, 2.05) is 35.0 Å². The van der Waals surface area contributed by atoms with Crippen molar-refractivity contribution in [3.8, 4) is 0 Å². The fraction of sp³-hybridized carbons (Fsp3) is 0.231. The number of hydrogen-bond donors (Lipinski definition) is 1. The SMILES string of the molecule is O=C(NCCCn1ccnc1)c1cccc(I)c1. The van der Waals surface area contributed by atoms with Crippen molar-refractivity contribution in [2.45, 2.75) is 13.0 Å². The Morgan fingerprint density at radius 3 is 3.06 bits per heavy atom. The summed E-state index contributed by atoms with van der Waals surface area (Å²) >= 11 is 2.20. The lowest BCUT2D eigenvalue weighted by Gasteiger charge is -2.06. The lowest BCUT2D eigenvalue weighted by Crippen LogP contribution is -2.25. The second-order valence-electron chi connectivity index (χ2n) is 3.92. The predicted molar refractivity (Wildman–Crippen MR) is 78.3 cm³/mol. The molecule has 0 aliphatic rings. The molecule has 18 heavy (non-hydrogen) atoms. The third-order valence-electron chi connectivity index (χ3n) is 2.52. The first-order valence-electron chi connectivity index (χ1n) is 5.75. The third kappa shape index (κ3) is 3.83. The molecule has 1 aromatic carbocycles. The number of aryl methyl sites for hydroxylation is 1. The van der Waals surface area contributed by atoms with E-state index < -0.39 is 0 Å². The van der Waals surface area contributed by atoms with Gasteiger partial charge in [-0.25, -0.2) is 4.98 Å². The third-order valence-corrected chi connectivity index (χ3v) is 3.20. The Labute approximate surface area is 120 Å². The summed E-state index contributed by atoms with van der Waals surface area (Å²) < 4.78 is 3.07. The quantitative estimate of drug-likeness (QED) is 0.661. The van der Waals surface area contributed by atoms with Gasteiger partial charge in [0.05, 0.1) is 6.33 Å². The van der Waals surface area contributed by atoms with E-state index in [-0.39, 0.29) is 5.91 Å². The second-order valence-corrected chi connectivity index (χ2v) is 5.17. The van der Waals surface area contributed by atoms with Crippen LogP contribution in [-0.4, -0.2) is 22.0 Å². The van der Waals surface area contributed by atoms with Gasteiger partial charge in [-0.2, -0.15) is 0 Å². The summed E-state index contributed by atoms with van der Waals surface area (Å²) in [6, 6.07) is 7.57. The van der Waals surface area contributed by atoms with Crippen molar-refractivity contribution in [2.24, 2.45) is 0 Å². The molecule has 0 aliphatic heterocycles. The molecular weight excluding hydrogens is 341 g/mol. The Hall–Kier alpha value is -1.37. The number of nitrogens with zero attached hydrogens (tertiary/aromatic N) is 2. The smallest absolute Gasteiger partial charge is 0.251 e. The summed E-state index contributed by atoms with van der Waals surface area (Å²) in [5, 5.41) is 2.91. The lowest BCUT2D eigenvalue weighted by atomic mass is 10.2. The molecule has 0 aliphatic carbocycles. The van der Waals surface area contributed by atoms with Crippen LogP contribution in [-0.2, 0) is 6.54 Å². The van der Waals surface area contributed by atoms with Crippen molar-refractivity contribution in [1.29, 1.82) is 0 Å². The Bertz CT molecular complexity index is 511. The number of imidazole rings is 1. The minimum absolute atomic E-state index is 0.0147. The van der Waals surface area contributed by atoms with E-state index in [0.29, 0.717) is 12.1 Å².